The van der Waals surface area contributed by atoms with E-state index < -0.39 is 5.60 Å². The highest BCUT2D eigenvalue weighted by Gasteiger charge is 2.26. The van der Waals surface area contributed by atoms with E-state index >= 15 is 0 Å². The van der Waals surface area contributed by atoms with Crippen LogP contribution in [0.3, 0.4) is 0 Å². The minimum absolute atomic E-state index is 0.135. The molecule has 3 rings (SSSR count). The molecule has 1 aromatic carbocycles. The number of aromatic hydroxyl groups is 1. The van der Waals surface area contributed by atoms with Crippen molar-refractivity contribution in [1.82, 2.24) is 14.8 Å². The molecular formula is C19H20ClN3O3. The molecule has 0 spiro atoms. The summed E-state index contributed by atoms with van der Waals surface area (Å²) in [5.74, 6) is -0.457. The Kier molecular flexibility index (Phi) is 4.63. The van der Waals surface area contributed by atoms with Gasteiger partial charge in [-0.2, -0.15) is 0 Å². The average molecular weight is 374 g/mol. The number of hydrogen-bond acceptors (Lipinski definition) is 5. The first-order valence-corrected chi connectivity index (χ1v) is 8.57. The lowest BCUT2D eigenvalue weighted by Crippen LogP contribution is -2.32. The number of halogens is 1. The van der Waals surface area contributed by atoms with E-state index in [1.54, 1.807) is 6.07 Å². The second-order valence-corrected chi connectivity index (χ2v) is 7.27. The van der Waals surface area contributed by atoms with E-state index in [0.29, 0.717) is 17.3 Å². The Morgan fingerprint density at radius 1 is 1.27 bits per heavy atom. The summed E-state index contributed by atoms with van der Waals surface area (Å²) in [4.78, 5) is 11.4. The van der Waals surface area contributed by atoms with Gasteiger partial charge in [-0.05, 0) is 45.0 Å². The number of benzene rings is 1. The monoisotopic (exact) mass is 373 g/mol. The number of carbonyl (C=O) groups is 1. The Labute approximate surface area is 156 Å². The summed E-state index contributed by atoms with van der Waals surface area (Å²) in [5, 5.41) is 18.8. The zero-order valence-corrected chi connectivity index (χ0v) is 15.8. The summed E-state index contributed by atoms with van der Waals surface area (Å²) in [6.45, 7) is 7.59. The Morgan fingerprint density at radius 3 is 2.62 bits per heavy atom. The van der Waals surface area contributed by atoms with E-state index in [1.165, 1.54) is 13.0 Å². The van der Waals surface area contributed by atoms with E-state index in [9.17, 15) is 9.90 Å². The summed E-state index contributed by atoms with van der Waals surface area (Å²) in [7, 11) is 0. The maximum absolute atomic E-state index is 11.4. The molecule has 1 N–H and O–H groups in total. The number of carbonyl (C=O) groups excluding carboxylic acids is 1. The van der Waals surface area contributed by atoms with Gasteiger partial charge in [-0.15, -0.1) is 10.2 Å². The van der Waals surface area contributed by atoms with Crippen molar-refractivity contribution in [3.05, 3.63) is 41.0 Å². The van der Waals surface area contributed by atoms with Gasteiger partial charge in [0, 0.05) is 40.2 Å². The highest BCUT2D eigenvalue weighted by Crippen LogP contribution is 2.36. The third-order valence-electron chi connectivity index (χ3n) is 4.15. The van der Waals surface area contributed by atoms with Crippen LogP contribution in [0, 0.1) is 6.92 Å². The van der Waals surface area contributed by atoms with Crippen molar-refractivity contribution in [2.45, 2.75) is 39.8 Å². The molecule has 7 heteroatoms. The predicted octanol–water partition coefficient (Wildman–Crippen LogP) is 4.11. The molecule has 0 aliphatic heterocycles. The molecule has 0 amide bonds. The second-order valence-electron chi connectivity index (χ2n) is 6.84. The number of ether oxygens (including phenoxy) is 1. The summed E-state index contributed by atoms with van der Waals surface area (Å²) < 4.78 is 7.53. The van der Waals surface area contributed by atoms with Gasteiger partial charge < -0.3 is 14.4 Å². The predicted molar refractivity (Wildman–Crippen MR) is 100 cm³/mol. The largest absolute Gasteiger partial charge is 0.492 e. The van der Waals surface area contributed by atoms with Crippen LogP contribution in [0.4, 0.5) is 0 Å². The first-order valence-electron chi connectivity index (χ1n) is 8.19. The van der Waals surface area contributed by atoms with E-state index in [-0.39, 0.29) is 11.8 Å². The van der Waals surface area contributed by atoms with Crippen molar-refractivity contribution < 1.29 is 14.6 Å². The maximum Gasteiger partial charge on any atom is 0.303 e. The van der Waals surface area contributed by atoms with Gasteiger partial charge in [-0.3, -0.25) is 4.79 Å². The molecule has 0 saturated carbocycles. The normalized spacial score (nSPS) is 11.7. The van der Waals surface area contributed by atoms with Gasteiger partial charge in [0.1, 0.15) is 5.60 Å². The standard InChI is InChI=1S/C19H20ClN3O3/c1-11-18(15-6-8-17(25)22-21-15)14-9-13(20)5-7-16(14)23(11)10-19(3,4)26-12(2)24/h5-9H,10H2,1-4H3,(H,22,25). The smallest absolute Gasteiger partial charge is 0.303 e. The van der Waals surface area contributed by atoms with Gasteiger partial charge in [0.15, 0.2) is 0 Å². The summed E-state index contributed by atoms with van der Waals surface area (Å²) in [6.07, 6.45) is 0. The van der Waals surface area contributed by atoms with Crippen molar-refractivity contribution in [1.29, 1.82) is 0 Å². The molecular weight excluding hydrogens is 354 g/mol. The molecule has 0 atom stereocenters. The fraction of sp³-hybridized carbons (Fsp3) is 0.316. The van der Waals surface area contributed by atoms with Gasteiger partial charge >= 0.3 is 5.97 Å². The molecule has 0 saturated heterocycles. The molecule has 26 heavy (non-hydrogen) atoms. The zero-order chi connectivity index (χ0) is 19.1. The van der Waals surface area contributed by atoms with E-state index in [1.807, 2.05) is 39.0 Å². The third-order valence-corrected chi connectivity index (χ3v) is 4.39. The maximum atomic E-state index is 11.4. The van der Waals surface area contributed by atoms with Gasteiger partial charge in [-0.1, -0.05) is 11.6 Å². The van der Waals surface area contributed by atoms with Gasteiger partial charge in [0.25, 0.3) is 0 Å². The lowest BCUT2D eigenvalue weighted by atomic mass is 10.1. The lowest BCUT2D eigenvalue weighted by Gasteiger charge is -2.26. The number of hydrogen-bond donors (Lipinski definition) is 1. The van der Waals surface area contributed by atoms with Crippen LogP contribution in [0.1, 0.15) is 26.5 Å². The van der Waals surface area contributed by atoms with Crippen molar-refractivity contribution >= 4 is 28.5 Å². The topological polar surface area (TPSA) is 77.2 Å². The molecule has 2 heterocycles. The van der Waals surface area contributed by atoms with Crippen LogP contribution >= 0.6 is 11.6 Å². The zero-order valence-electron chi connectivity index (χ0n) is 15.1. The van der Waals surface area contributed by atoms with Crippen LogP contribution in [0.15, 0.2) is 30.3 Å². The Hall–Kier alpha value is -2.60. The Morgan fingerprint density at radius 2 is 2.00 bits per heavy atom. The fourth-order valence-electron chi connectivity index (χ4n) is 3.24. The summed E-state index contributed by atoms with van der Waals surface area (Å²) >= 11 is 6.21. The molecule has 0 fully saturated rings. The van der Waals surface area contributed by atoms with Crippen molar-refractivity contribution in [2.75, 3.05) is 0 Å². The SMILES string of the molecule is CC(=O)OC(C)(C)Cn1c(C)c(-c2ccc(O)nn2)c2cc(Cl)ccc21. The van der Waals surface area contributed by atoms with E-state index in [4.69, 9.17) is 16.3 Å². The first kappa shape index (κ1) is 18.2. The van der Waals surface area contributed by atoms with E-state index in [0.717, 1.165) is 22.2 Å². The third kappa shape index (κ3) is 3.51. The van der Waals surface area contributed by atoms with Crippen LogP contribution in [0.25, 0.3) is 22.2 Å². The molecule has 0 aliphatic carbocycles. The van der Waals surface area contributed by atoms with Crippen LogP contribution in [0.5, 0.6) is 5.88 Å². The molecule has 136 valence electrons. The lowest BCUT2D eigenvalue weighted by molar-refractivity contribution is -0.154. The molecule has 2 aromatic heterocycles. The van der Waals surface area contributed by atoms with Gasteiger partial charge in [0.05, 0.1) is 12.2 Å². The minimum Gasteiger partial charge on any atom is -0.492 e. The molecule has 0 unspecified atom stereocenters. The molecule has 6 nitrogen and oxygen atoms in total. The van der Waals surface area contributed by atoms with Crippen LogP contribution in [-0.4, -0.2) is 31.4 Å². The second kappa shape index (κ2) is 6.61. The highest BCUT2D eigenvalue weighted by atomic mass is 35.5. The summed E-state index contributed by atoms with van der Waals surface area (Å²) in [6, 6.07) is 8.85. The van der Waals surface area contributed by atoms with Crippen molar-refractivity contribution in [3.8, 4) is 17.1 Å². The number of rotatable bonds is 4. The fourth-order valence-corrected chi connectivity index (χ4v) is 3.41. The van der Waals surface area contributed by atoms with Gasteiger partial charge in [-0.25, -0.2) is 0 Å². The Bertz CT molecular complexity index is 978. The van der Waals surface area contributed by atoms with Crippen molar-refractivity contribution in [2.24, 2.45) is 0 Å². The first-order chi connectivity index (χ1) is 12.2. The van der Waals surface area contributed by atoms with Crippen LogP contribution in [0.2, 0.25) is 5.02 Å². The number of esters is 1. The minimum atomic E-state index is -0.680. The number of nitrogens with zero attached hydrogens (tertiary/aromatic N) is 3. The van der Waals surface area contributed by atoms with Crippen LogP contribution in [-0.2, 0) is 16.1 Å². The summed E-state index contributed by atoms with van der Waals surface area (Å²) in [5.41, 5.74) is 2.74. The number of aromatic nitrogens is 3. The highest BCUT2D eigenvalue weighted by molar-refractivity contribution is 6.31. The molecule has 0 aliphatic rings. The van der Waals surface area contributed by atoms with E-state index in [2.05, 4.69) is 14.8 Å². The number of fused-ring (bicyclic) bond motifs is 1. The molecule has 3 aromatic rings. The molecule has 0 bridgehead atoms. The molecule has 0 radical (unpaired) electrons. The average Bonchev–Trinajstić information content (AvgIpc) is 2.78. The van der Waals surface area contributed by atoms with Crippen LogP contribution < -0.4 is 0 Å². The quantitative estimate of drug-likeness (QED) is 0.696. The van der Waals surface area contributed by atoms with Crippen molar-refractivity contribution in [3.63, 3.8) is 0 Å². The van der Waals surface area contributed by atoms with Gasteiger partial charge in [0.2, 0.25) is 5.88 Å². The Balaban J connectivity index is 2.20.